The van der Waals surface area contributed by atoms with E-state index in [1.54, 1.807) is 18.4 Å². The molecule has 0 aliphatic carbocycles. The number of rotatable bonds is 6. The number of furan rings is 1. The van der Waals surface area contributed by atoms with E-state index in [-0.39, 0.29) is 11.9 Å². The maximum Gasteiger partial charge on any atom is 0.294 e. The number of piperidine rings is 1. The molecule has 4 heteroatoms. The zero-order valence-corrected chi connectivity index (χ0v) is 17.0. The highest BCUT2D eigenvalue weighted by Gasteiger charge is 2.30. The second-order valence-corrected chi connectivity index (χ2v) is 7.80. The molecule has 4 rings (SSSR count). The van der Waals surface area contributed by atoms with Gasteiger partial charge in [-0.3, -0.25) is 4.79 Å². The number of hydrogen-bond donors (Lipinski definition) is 0. The molecule has 1 fully saturated rings. The number of likely N-dealkylation sites (tertiary alicyclic amines) is 1. The SMILES string of the molecule is Cc1ccc(N(C(=O)c2ccco2)C2CCN(CCc3ccccc3)CC2)cc1. The van der Waals surface area contributed by atoms with Gasteiger partial charge in [0.15, 0.2) is 5.76 Å². The van der Waals surface area contributed by atoms with Crippen LogP contribution in [0.5, 0.6) is 0 Å². The minimum atomic E-state index is -0.0541. The van der Waals surface area contributed by atoms with E-state index in [4.69, 9.17) is 4.42 Å². The van der Waals surface area contributed by atoms with E-state index in [1.165, 1.54) is 11.1 Å². The first-order valence-corrected chi connectivity index (χ1v) is 10.4. The van der Waals surface area contributed by atoms with Crippen molar-refractivity contribution in [2.24, 2.45) is 0 Å². The van der Waals surface area contributed by atoms with Crippen molar-refractivity contribution in [3.8, 4) is 0 Å². The monoisotopic (exact) mass is 388 g/mol. The Morgan fingerprint density at radius 3 is 2.38 bits per heavy atom. The topological polar surface area (TPSA) is 36.7 Å². The maximum absolute atomic E-state index is 13.2. The number of aryl methyl sites for hydroxylation is 1. The summed E-state index contributed by atoms with van der Waals surface area (Å²) in [5, 5.41) is 0. The summed E-state index contributed by atoms with van der Waals surface area (Å²) in [5.41, 5.74) is 3.51. The fraction of sp³-hybridized carbons (Fsp3) is 0.320. The molecule has 0 atom stereocenters. The largest absolute Gasteiger partial charge is 0.459 e. The van der Waals surface area contributed by atoms with Crippen molar-refractivity contribution in [2.75, 3.05) is 24.5 Å². The van der Waals surface area contributed by atoms with Crippen molar-refractivity contribution in [1.82, 2.24) is 4.90 Å². The summed E-state index contributed by atoms with van der Waals surface area (Å²) in [6.45, 7) is 5.14. The molecule has 0 bridgehead atoms. The summed E-state index contributed by atoms with van der Waals surface area (Å²) < 4.78 is 5.42. The molecular formula is C25H28N2O2. The first kappa shape index (κ1) is 19.5. The van der Waals surface area contributed by atoms with Gasteiger partial charge in [0.25, 0.3) is 5.91 Å². The van der Waals surface area contributed by atoms with Crippen LogP contribution < -0.4 is 4.90 Å². The highest BCUT2D eigenvalue weighted by Crippen LogP contribution is 2.26. The molecule has 4 nitrogen and oxygen atoms in total. The Labute approximate surface area is 172 Å². The molecule has 0 saturated carbocycles. The van der Waals surface area contributed by atoms with Crippen LogP contribution in [0.1, 0.15) is 34.5 Å². The predicted octanol–water partition coefficient (Wildman–Crippen LogP) is 4.94. The van der Waals surface area contributed by atoms with Gasteiger partial charge in [0, 0.05) is 31.4 Å². The van der Waals surface area contributed by atoms with Crippen molar-refractivity contribution in [3.05, 3.63) is 89.9 Å². The number of amides is 1. The Balaban J connectivity index is 1.43. The number of anilines is 1. The molecule has 0 radical (unpaired) electrons. The molecule has 2 aromatic carbocycles. The quantitative estimate of drug-likeness (QED) is 0.600. The molecule has 0 spiro atoms. The molecular weight excluding hydrogens is 360 g/mol. The van der Waals surface area contributed by atoms with Crippen LogP contribution in [-0.2, 0) is 6.42 Å². The fourth-order valence-corrected chi connectivity index (χ4v) is 4.05. The van der Waals surface area contributed by atoms with Crippen molar-refractivity contribution in [2.45, 2.75) is 32.2 Å². The van der Waals surface area contributed by atoms with Crippen molar-refractivity contribution < 1.29 is 9.21 Å². The Hall–Kier alpha value is -2.85. The van der Waals surface area contributed by atoms with E-state index in [1.807, 2.05) is 17.0 Å². The lowest BCUT2D eigenvalue weighted by Gasteiger charge is -2.38. The molecule has 1 aromatic heterocycles. The van der Waals surface area contributed by atoms with Gasteiger partial charge in [0.2, 0.25) is 0 Å². The molecule has 29 heavy (non-hydrogen) atoms. The van der Waals surface area contributed by atoms with Crippen LogP contribution in [0.25, 0.3) is 0 Å². The van der Waals surface area contributed by atoms with E-state index < -0.39 is 0 Å². The van der Waals surface area contributed by atoms with Gasteiger partial charge in [-0.15, -0.1) is 0 Å². The Kier molecular flexibility index (Phi) is 6.11. The third-order valence-corrected chi connectivity index (χ3v) is 5.74. The second-order valence-electron chi connectivity index (χ2n) is 7.80. The summed E-state index contributed by atoms with van der Waals surface area (Å²) in [6.07, 6.45) is 4.56. The first-order chi connectivity index (χ1) is 14.2. The number of carbonyl (C=O) groups excluding carboxylic acids is 1. The normalized spacial score (nSPS) is 15.3. The highest BCUT2D eigenvalue weighted by atomic mass is 16.3. The van der Waals surface area contributed by atoms with E-state index in [0.29, 0.717) is 5.76 Å². The Morgan fingerprint density at radius 1 is 1.00 bits per heavy atom. The van der Waals surface area contributed by atoms with Gasteiger partial charge < -0.3 is 14.2 Å². The number of nitrogens with zero attached hydrogens (tertiary/aromatic N) is 2. The number of hydrogen-bond acceptors (Lipinski definition) is 3. The van der Waals surface area contributed by atoms with Crippen LogP contribution >= 0.6 is 0 Å². The Bertz CT molecular complexity index is 896. The fourth-order valence-electron chi connectivity index (χ4n) is 4.05. The van der Waals surface area contributed by atoms with E-state index in [9.17, 15) is 4.79 Å². The van der Waals surface area contributed by atoms with Gasteiger partial charge in [-0.1, -0.05) is 48.0 Å². The van der Waals surface area contributed by atoms with E-state index >= 15 is 0 Å². The average molecular weight is 389 g/mol. The standard InChI is InChI=1S/C25H28N2O2/c1-20-9-11-22(12-10-20)27(25(28)24-8-5-19-29-24)23-14-17-26(18-15-23)16-13-21-6-3-2-4-7-21/h2-12,19,23H,13-18H2,1H3. The number of carbonyl (C=O) groups is 1. The van der Waals surface area contributed by atoms with E-state index in [0.717, 1.165) is 44.6 Å². The molecule has 1 aliphatic heterocycles. The second kappa shape index (κ2) is 9.10. The number of benzene rings is 2. The smallest absolute Gasteiger partial charge is 0.294 e. The molecule has 3 aromatic rings. The molecule has 150 valence electrons. The van der Waals surface area contributed by atoms with Crippen LogP contribution in [0.15, 0.2) is 77.4 Å². The predicted molar refractivity (Wildman–Crippen MR) is 116 cm³/mol. The summed E-state index contributed by atoms with van der Waals surface area (Å²) in [7, 11) is 0. The summed E-state index contributed by atoms with van der Waals surface area (Å²) in [5.74, 6) is 0.346. The average Bonchev–Trinajstić information content (AvgIpc) is 3.30. The van der Waals surface area contributed by atoms with Crippen LogP contribution in [0.3, 0.4) is 0 Å². The third kappa shape index (κ3) is 4.77. The van der Waals surface area contributed by atoms with Gasteiger partial charge in [-0.2, -0.15) is 0 Å². The van der Waals surface area contributed by atoms with Gasteiger partial charge in [-0.05, 0) is 56.0 Å². The lowest BCUT2D eigenvalue weighted by atomic mass is 10.0. The molecule has 0 unspecified atom stereocenters. The lowest BCUT2D eigenvalue weighted by molar-refractivity contribution is 0.0933. The summed E-state index contributed by atoms with van der Waals surface area (Å²) in [6, 6.07) is 22.5. The van der Waals surface area contributed by atoms with Crippen LogP contribution in [0.4, 0.5) is 5.69 Å². The zero-order valence-electron chi connectivity index (χ0n) is 17.0. The Morgan fingerprint density at radius 2 is 1.72 bits per heavy atom. The van der Waals surface area contributed by atoms with E-state index in [2.05, 4.69) is 54.3 Å². The summed E-state index contributed by atoms with van der Waals surface area (Å²) in [4.78, 5) is 17.6. The van der Waals surface area contributed by atoms with Gasteiger partial charge >= 0.3 is 0 Å². The minimum absolute atomic E-state index is 0.0541. The lowest BCUT2D eigenvalue weighted by Crippen LogP contribution is -2.48. The molecule has 1 amide bonds. The molecule has 0 N–H and O–H groups in total. The van der Waals surface area contributed by atoms with Crippen LogP contribution in [0.2, 0.25) is 0 Å². The minimum Gasteiger partial charge on any atom is -0.459 e. The molecule has 1 saturated heterocycles. The van der Waals surface area contributed by atoms with Gasteiger partial charge in [-0.25, -0.2) is 0 Å². The third-order valence-electron chi connectivity index (χ3n) is 5.74. The summed E-state index contributed by atoms with van der Waals surface area (Å²) >= 11 is 0. The zero-order chi connectivity index (χ0) is 20.1. The van der Waals surface area contributed by atoms with Crippen molar-refractivity contribution in [3.63, 3.8) is 0 Å². The van der Waals surface area contributed by atoms with Crippen LogP contribution in [-0.4, -0.2) is 36.5 Å². The highest BCUT2D eigenvalue weighted by molar-refractivity contribution is 6.04. The van der Waals surface area contributed by atoms with Gasteiger partial charge in [0.1, 0.15) is 0 Å². The van der Waals surface area contributed by atoms with Gasteiger partial charge in [0.05, 0.1) is 6.26 Å². The first-order valence-electron chi connectivity index (χ1n) is 10.4. The molecule has 1 aliphatic rings. The maximum atomic E-state index is 13.2. The molecule has 2 heterocycles. The van der Waals surface area contributed by atoms with Crippen LogP contribution in [0, 0.1) is 6.92 Å². The van der Waals surface area contributed by atoms with Crippen molar-refractivity contribution >= 4 is 11.6 Å². The van der Waals surface area contributed by atoms with Crippen molar-refractivity contribution in [1.29, 1.82) is 0 Å².